The van der Waals surface area contributed by atoms with Crippen molar-refractivity contribution >= 4 is 24.0 Å². The molecule has 31 heavy (non-hydrogen) atoms. The summed E-state index contributed by atoms with van der Waals surface area (Å²) < 4.78 is 5.85. The number of rotatable bonds is 8. The number of carboxylic acids is 1. The van der Waals surface area contributed by atoms with E-state index < -0.39 is 24.3 Å². The fourth-order valence-electron chi connectivity index (χ4n) is 3.50. The van der Waals surface area contributed by atoms with Crippen LogP contribution in [-0.4, -0.2) is 53.6 Å². The maximum Gasteiger partial charge on any atom is 0.305 e. The molecule has 2 aromatic carbocycles. The topological polar surface area (TPSA) is 134 Å². The van der Waals surface area contributed by atoms with Gasteiger partial charge in [0.25, 0.3) is 5.91 Å². The van der Waals surface area contributed by atoms with Gasteiger partial charge in [0.2, 0.25) is 5.91 Å². The number of carboxylic acid groups (broad SMARTS) is 1. The van der Waals surface area contributed by atoms with Crippen LogP contribution < -0.4 is 15.9 Å². The summed E-state index contributed by atoms with van der Waals surface area (Å²) in [5, 5.41) is 15.0. The smallest absolute Gasteiger partial charge is 0.305 e. The number of ether oxygens (including phenoxy) is 1. The van der Waals surface area contributed by atoms with E-state index in [-0.39, 0.29) is 12.5 Å². The van der Waals surface area contributed by atoms with E-state index in [0.29, 0.717) is 24.3 Å². The van der Waals surface area contributed by atoms with Gasteiger partial charge < -0.3 is 25.9 Å². The first kappa shape index (κ1) is 21.8. The van der Waals surface area contributed by atoms with Crippen LogP contribution in [-0.2, 0) is 22.6 Å². The Morgan fingerprint density at radius 2 is 2.03 bits per heavy atom. The second-order valence-corrected chi connectivity index (χ2v) is 7.10. The van der Waals surface area contributed by atoms with E-state index in [1.54, 1.807) is 18.3 Å². The summed E-state index contributed by atoms with van der Waals surface area (Å²) in [4.78, 5) is 37.5. The fraction of sp³-hybridized carbons (Fsp3) is 0.273. The summed E-state index contributed by atoms with van der Waals surface area (Å²) in [6.45, 7) is 0.612. The van der Waals surface area contributed by atoms with Crippen molar-refractivity contribution in [1.29, 1.82) is 0 Å². The van der Waals surface area contributed by atoms with Gasteiger partial charge in [0.1, 0.15) is 18.4 Å². The molecule has 3 rings (SSSR count). The quantitative estimate of drug-likeness (QED) is 0.331. The molecule has 1 aliphatic rings. The van der Waals surface area contributed by atoms with Gasteiger partial charge in [-0.3, -0.25) is 14.4 Å². The molecule has 0 fully saturated rings. The molecule has 162 valence electrons. The Hall–Kier alpha value is -3.88. The lowest BCUT2D eigenvalue weighted by Crippen LogP contribution is -2.52. The number of benzene rings is 2. The molecule has 1 atom stereocenters. The average Bonchev–Trinajstić information content (AvgIpc) is 2.77. The van der Waals surface area contributed by atoms with Crippen LogP contribution in [0.25, 0.3) is 0 Å². The van der Waals surface area contributed by atoms with Crippen molar-refractivity contribution in [3.8, 4) is 5.75 Å². The van der Waals surface area contributed by atoms with Gasteiger partial charge in [-0.1, -0.05) is 24.3 Å². The molecule has 9 heteroatoms. The predicted molar refractivity (Wildman–Crippen MR) is 114 cm³/mol. The number of likely N-dealkylation sites (N-methyl/N-ethyl adjacent to an activating group) is 1. The SMILES string of the molecule is CNC(=O)C(CC(=O)O)N1CCc2cc(OCc3ccc(C=NN)cc3)ccc2C1=O. The second kappa shape index (κ2) is 9.75. The van der Waals surface area contributed by atoms with Crippen molar-refractivity contribution in [1.82, 2.24) is 10.2 Å². The number of nitrogens with two attached hydrogens (primary N) is 1. The summed E-state index contributed by atoms with van der Waals surface area (Å²) in [6, 6.07) is 11.7. The number of hydrogen-bond acceptors (Lipinski definition) is 6. The summed E-state index contributed by atoms with van der Waals surface area (Å²) in [5.74, 6) is 3.77. The van der Waals surface area contributed by atoms with Crippen molar-refractivity contribution in [2.75, 3.05) is 13.6 Å². The third-order valence-corrected chi connectivity index (χ3v) is 5.09. The molecule has 1 heterocycles. The second-order valence-electron chi connectivity index (χ2n) is 7.10. The maximum absolute atomic E-state index is 12.9. The molecule has 1 unspecified atom stereocenters. The molecule has 4 N–H and O–H groups in total. The van der Waals surface area contributed by atoms with Crippen molar-refractivity contribution in [3.05, 3.63) is 64.7 Å². The standard InChI is InChI=1S/C22H24N4O5/c1-24-21(29)19(11-20(27)28)26-9-8-16-10-17(6-7-18(16)22(26)30)31-13-15-4-2-14(3-5-15)12-25-23/h2-7,10,12,19H,8-9,11,13,23H2,1H3,(H,24,29)(H,27,28). The van der Waals surface area contributed by atoms with E-state index in [9.17, 15) is 14.4 Å². The number of fused-ring (bicyclic) bond motifs is 1. The van der Waals surface area contributed by atoms with E-state index in [4.69, 9.17) is 15.7 Å². The number of amides is 2. The maximum atomic E-state index is 12.9. The molecule has 9 nitrogen and oxygen atoms in total. The summed E-state index contributed by atoms with van der Waals surface area (Å²) in [5.41, 5.74) is 3.11. The van der Waals surface area contributed by atoms with Gasteiger partial charge in [-0.05, 0) is 41.3 Å². The molecule has 0 radical (unpaired) electrons. The normalized spacial score (nSPS) is 14.2. The zero-order chi connectivity index (χ0) is 22.4. The Morgan fingerprint density at radius 1 is 1.29 bits per heavy atom. The van der Waals surface area contributed by atoms with Gasteiger partial charge in [0.15, 0.2) is 0 Å². The minimum atomic E-state index is -1.14. The van der Waals surface area contributed by atoms with E-state index in [2.05, 4.69) is 10.4 Å². The third kappa shape index (κ3) is 5.19. The van der Waals surface area contributed by atoms with Crippen LogP contribution in [0.4, 0.5) is 0 Å². The fourth-order valence-corrected chi connectivity index (χ4v) is 3.50. The molecule has 1 aliphatic heterocycles. The lowest BCUT2D eigenvalue weighted by molar-refractivity contribution is -0.141. The summed E-state index contributed by atoms with van der Waals surface area (Å²) in [7, 11) is 1.42. The highest BCUT2D eigenvalue weighted by molar-refractivity contribution is 6.00. The van der Waals surface area contributed by atoms with Crippen LogP contribution in [0.2, 0.25) is 0 Å². The first-order chi connectivity index (χ1) is 14.9. The van der Waals surface area contributed by atoms with Crippen LogP contribution in [0, 0.1) is 0 Å². The number of carbonyl (C=O) groups is 3. The van der Waals surface area contributed by atoms with Crippen LogP contribution in [0.5, 0.6) is 5.75 Å². The minimum absolute atomic E-state index is 0.255. The highest BCUT2D eigenvalue weighted by Gasteiger charge is 2.35. The van der Waals surface area contributed by atoms with Crippen molar-refractivity contribution in [2.45, 2.75) is 25.5 Å². The Kier molecular flexibility index (Phi) is 6.86. The summed E-state index contributed by atoms with van der Waals surface area (Å²) >= 11 is 0. The predicted octanol–water partition coefficient (Wildman–Crippen LogP) is 1.15. The lowest BCUT2D eigenvalue weighted by Gasteiger charge is -2.34. The number of nitrogens with one attached hydrogen (secondary N) is 1. The Morgan fingerprint density at radius 3 is 2.68 bits per heavy atom. The third-order valence-electron chi connectivity index (χ3n) is 5.09. The average molecular weight is 424 g/mol. The number of hydrazone groups is 1. The van der Waals surface area contributed by atoms with Gasteiger partial charge in [0.05, 0.1) is 12.6 Å². The number of hydrogen-bond donors (Lipinski definition) is 3. The largest absolute Gasteiger partial charge is 0.489 e. The van der Waals surface area contributed by atoms with Crippen LogP contribution in [0.1, 0.15) is 33.5 Å². The van der Waals surface area contributed by atoms with Crippen molar-refractivity contribution < 1.29 is 24.2 Å². The Labute approximate surface area is 179 Å². The van der Waals surface area contributed by atoms with Crippen molar-refractivity contribution in [3.63, 3.8) is 0 Å². The number of nitrogens with zero attached hydrogens (tertiary/aromatic N) is 2. The molecule has 0 bridgehead atoms. The molecular formula is C22H24N4O5. The zero-order valence-corrected chi connectivity index (χ0v) is 17.1. The molecule has 0 aromatic heterocycles. The Bertz CT molecular complexity index is 1000. The van der Waals surface area contributed by atoms with Crippen LogP contribution >= 0.6 is 0 Å². The van der Waals surface area contributed by atoms with Gasteiger partial charge in [-0.15, -0.1) is 0 Å². The lowest BCUT2D eigenvalue weighted by atomic mass is 9.96. The molecular weight excluding hydrogens is 400 g/mol. The molecule has 0 spiro atoms. The van der Waals surface area contributed by atoms with Crippen molar-refractivity contribution in [2.24, 2.45) is 10.9 Å². The van der Waals surface area contributed by atoms with E-state index in [1.807, 2.05) is 30.3 Å². The Balaban J connectivity index is 1.71. The molecule has 0 saturated carbocycles. The van der Waals surface area contributed by atoms with E-state index >= 15 is 0 Å². The zero-order valence-electron chi connectivity index (χ0n) is 17.1. The summed E-state index contributed by atoms with van der Waals surface area (Å²) in [6.07, 6.45) is 1.61. The first-order valence-electron chi connectivity index (χ1n) is 9.75. The number of carbonyl (C=O) groups excluding carboxylic acids is 2. The van der Waals surface area contributed by atoms with E-state index in [0.717, 1.165) is 16.7 Å². The number of aliphatic carboxylic acids is 1. The molecule has 0 aliphatic carbocycles. The van der Waals surface area contributed by atoms with Crippen LogP contribution in [0.3, 0.4) is 0 Å². The van der Waals surface area contributed by atoms with Gasteiger partial charge >= 0.3 is 5.97 Å². The van der Waals surface area contributed by atoms with Gasteiger partial charge in [0, 0.05) is 19.2 Å². The molecule has 2 aromatic rings. The van der Waals surface area contributed by atoms with Gasteiger partial charge in [-0.2, -0.15) is 5.10 Å². The van der Waals surface area contributed by atoms with Gasteiger partial charge in [-0.25, -0.2) is 0 Å². The van der Waals surface area contributed by atoms with E-state index in [1.165, 1.54) is 11.9 Å². The van der Waals surface area contributed by atoms with Crippen LogP contribution in [0.15, 0.2) is 47.6 Å². The first-order valence-corrected chi connectivity index (χ1v) is 9.75. The highest BCUT2D eigenvalue weighted by atomic mass is 16.5. The molecule has 0 saturated heterocycles. The molecule has 2 amide bonds. The minimum Gasteiger partial charge on any atom is -0.489 e. The highest BCUT2D eigenvalue weighted by Crippen LogP contribution is 2.26. The monoisotopic (exact) mass is 424 g/mol.